The van der Waals surface area contributed by atoms with E-state index in [0.717, 1.165) is 23.3 Å². The highest BCUT2D eigenvalue weighted by Crippen LogP contribution is 2.57. The smallest absolute Gasteiger partial charge is 0.0159 e. The van der Waals surface area contributed by atoms with Gasteiger partial charge in [-0.2, -0.15) is 0 Å². The minimum atomic E-state index is 0.733. The van der Waals surface area contributed by atoms with Crippen LogP contribution in [0.1, 0.15) is 46.0 Å². The number of hydrogen-bond donors (Lipinski definition) is 0. The highest BCUT2D eigenvalue weighted by Gasteiger charge is 2.57. The summed E-state index contributed by atoms with van der Waals surface area (Å²) in [7, 11) is 0. The van der Waals surface area contributed by atoms with Gasteiger partial charge in [-0.25, -0.2) is 0 Å². The van der Waals surface area contributed by atoms with Gasteiger partial charge < -0.3 is 0 Å². The maximum atomic E-state index is 2.84. The molecule has 3 fully saturated rings. The summed E-state index contributed by atoms with van der Waals surface area (Å²) in [6.07, 6.45) is 9.51. The van der Waals surface area contributed by atoms with Gasteiger partial charge in [0, 0.05) is 19.1 Å². The Morgan fingerprint density at radius 1 is 1.05 bits per heavy atom. The van der Waals surface area contributed by atoms with Gasteiger partial charge >= 0.3 is 0 Å². The van der Waals surface area contributed by atoms with E-state index in [4.69, 9.17) is 0 Å². The average Bonchev–Trinajstić information content (AvgIpc) is 3.14. The molecule has 19 heavy (non-hydrogen) atoms. The minimum Gasteiger partial charge on any atom is -0.300 e. The fraction of sp³-hybridized carbons (Fsp3) is 1.00. The Bertz CT molecular complexity index is 302. The zero-order chi connectivity index (χ0) is 13.5. The first-order valence-corrected chi connectivity index (χ1v) is 9.36. The Balaban J connectivity index is 1.48. The predicted molar refractivity (Wildman–Crippen MR) is 84.3 cm³/mol. The second kappa shape index (κ2) is 5.57. The maximum Gasteiger partial charge on any atom is 0.0159 e. The van der Waals surface area contributed by atoms with Gasteiger partial charge in [0.25, 0.3) is 0 Å². The number of likely N-dealkylation sites (tertiary alicyclic amines) is 1. The van der Waals surface area contributed by atoms with E-state index < -0.39 is 0 Å². The second-order valence-corrected chi connectivity index (χ2v) is 8.19. The summed E-state index contributed by atoms with van der Waals surface area (Å²) in [5.41, 5.74) is 0.733. The lowest BCUT2D eigenvalue weighted by Gasteiger charge is -2.37. The van der Waals surface area contributed by atoms with Gasteiger partial charge in [0.2, 0.25) is 0 Å². The standard InChI is InChI=1S/C16H30N2S/c1-13(2)14-4-8-17(9-5-14)15-12-16(15)6-10-18(19-3)11-7-16/h13-15H,4-12H2,1-3H3. The number of rotatable bonds is 3. The first kappa shape index (κ1) is 14.2. The van der Waals surface area contributed by atoms with Crippen LogP contribution in [0.4, 0.5) is 0 Å². The van der Waals surface area contributed by atoms with E-state index in [-0.39, 0.29) is 0 Å². The average molecular weight is 282 g/mol. The molecule has 3 rings (SSSR count). The molecule has 2 heterocycles. The van der Waals surface area contributed by atoms with E-state index in [1.807, 2.05) is 11.9 Å². The molecule has 3 heteroatoms. The van der Waals surface area contributed by atoms with Crippen LogP contribution in [-0.4, -0.2) is 47.7 Å². The molecule has 1 spiro atoms. The molecule has 1 saturated carbocycles. The van der Waals surface area contributed by atoms with Crippen molar-refractivity contribution in [2.45, 2.75) is 52.0 Å². The molecule has 0 amide bonds. The zero-order valence-electron chi connectivity index (χ0n) is 12.9. The predicted octanol–water partition coefficient (Wildman–Crippen LogP) is 3.49. The third-order valence-electron chi connectivity index (χ3n) is 6.08. The minimum absolute atomic E-state index is 0.733. The third kappa shape index (κ3) is 2.84. The second-order valence-electron chi connectivity index (χ2n) is 7.31. The third-order valence-corrected chi connectivity index (χ3v) is 6.96. The summed E-state index contributed by atoms with van der Waals surface area (Å²) in [4.78, 5) is 2.84. The van der Waals surface area contributed by atoms with Crippen LogP contribution in [0.5, 0.6) is 0 Å². The van der Waals surface area contributed by atoms with Crippen molar-refractivity contribution in [2.24, 2.45) is 17.3 Å². The van der Waals surface area contributed by atoms with Crippen LogP contribution in [-0.2, 0) is 0 Å². The van der Waals surface area contributed by atoms with Gasteiger partial charge in [-0.15, -0.1) is 0 Å². The first-order chi connectivity index (χ1) is 9.14. The molecule has 0 bridgehead atoms. The lowest BCUT2D eigenvalue weighted by molar-refractivity contribution is 0.121. The van der Waals surface area contributed by atoms with Gasteiger partial charge in [-0.1, -0.05) is 25.8 Å². The van der Waals surface area contributed by atoms with Gasteiger partial charge in [0.05, 0.1) is 0 Å². The van der Waals surface area contributed by atoms with E-state index in [1.165, 1.54) is 58.3 Å². The topological polar surface area (TPSA) is 6.48 Å². The Morgan fingerprint density at radius 3 is 2.21 bits per heavy atom. The van der Waals surface area contributed by atoms with Crippen LogP contribution >= 0.6 is 11.9 Å². The molecule has 0 N–H and O–H groups in total. The lowest BCUT2D eigenvalue weighted by atomic mass is 9.86. The summed E-state index contributed by atoms with van der Waals surface area (Å²) in [5.74, 6) is 1.88. The normalized spacial score (nSPS) is 33.2. The van der Waals surface area contributed by atoms with Crippen molar-refractivity contribution in [1.29, 1.82) is 0 Å². The monoisotopic (exact) mass is 282 g/mol. The van der Waals surface area contributed by atoms with Crippen LogP contribution in [0.25, 0.3) is 0 Å². The Hall–Kier alpha value is 0.270. The maximum absolute atomic E-state index is 2.84. The van der Waals surface area contributed by atoms with E-state index in [2.05, 4.69) is 29.3 Å². The summed E-state index contributed by atoms with van der Waals surface area (Å²) >= 11 is 1.93. The molecular formula is C16H30N2S. The molecule has 1 aliphatic carbocycles. The van der Waals surface area contributed by atoms with Gasteiger partial charge in [0.1, 0.15) is 0 Å². The van der Waals surface area contributed by atoms with Crippen molar-refractivity contribution in [3.63, 3.8) is 0 Å². The summed E-state index contributed by atoms with van der Waals surface area (Å²) < 4.78 is 2.55. The number of piperidine rings is 2. The van der Waals surface area contributed by atoms with Crippen LogP contribution in [0.3, 0.4) is 0 Å². The Labute approximate surface area is 123 Å². The van der Waals surface area contributed by atoms with E-state index in [9.17, 15) is 0 Å². The quantitative estimate of drug-likeness (QED) is 0.732. The molecule has 2 saturated heterocycles. The molecule has 110 valence electrons. The largest absolute Gasteiger partial charge is 0.300 e. The van der Waals surface area contributed by atoms with Crippen LogP contribution in [0, 0.1) is 17.3 Å². The van der Waals surface area contributed by atoms with Crippen molar-refractivity contribution in [2.75, 3.05) is 32.4 Å². The molecule has 0 aromatic heterocycles. The molecule has 1 unspecified atom stereocenters. The number of hydrogen-bond acceptors (Lipinski definition) is 3. The Morgan fingerprint density at radius 2 is 1.68 bits per heavy atom. The summed E-state index contributed by atoms with van der Waals surface area (Å²) in [5, 5.41) is 0. The van der Waals surface area contributed by atoms with Crippen LogP contribution < -0.4 is 0 Å². The Kier molecular flexibility index (Phi) is 4.17. The summed E-state index contributed by atoms with van der Waals surface area (Å²) in [6.45, 7) is 10.2. The molecule has 2 nitrogen and oxygen atoms in total. The number of nitrogens with zero attached hydrogens (tertiary/aromatic N) is 2. The SMILES string of the molecule is CSN1CCC2(CC1)CC2N1CCC(C(C)C)CC1. The van der Waals surface area contributed by atoms with E-state index in [1.54, 1.807) is 0 Å². The molecule has 2 aliphatic heterocycles. The van der Waals surface area contributed by atoms with Crippen LogP contribution in [0.2, 0.25) is 0 Å². The van der Waals surface area contributed by atoms with Crippen LogP contribution in [0.15, 0.2) is 0 Å². The van der Waals surface area contributed by atoms with Crippen molar-refractivity contribution < 1.29 is 0 Å². The zero-order valence-corrected chi connectivity index (χ0v) is 13.7. The van der Waals surface area contributed by atoms with Gasteiger partial charge in [0.15, 0.2) is 0 Å². The molecule has 3 aliphatic rings. The molecule has 0 radical (unpaired) electrons. The van der Waals surface area contributed by atoms with Gasteiger partial charge in [-0.05, 0) is 68.7 Å². The van der Waals surface area contributed by atoms with Crippen molar-refractivity contribution in [3.8, 4) is 0 Å². The van der Waals surface area contributed by atoms with E-state index >= 15 is 0 Å². The fourth-order valence-electron chi connectivity index (χ4n) is 4.39. The van der Waals surface area contributed by atoms with Crippen molar-refractivity contribution in [1.82, 2.24) is 9.21 Å². The molecule has 0 aromatic carbocycles. The van der Waals surface area contributed by atoms with Crippen molar-refractivity contribution in [3.05, 3.63) is 0 Å². The summed E-state index contributed by atoms with van der Waals surface area (Å²) in [6, 6.07) is 0.949. The molecule has 0 aromatic rings. The van der Waals surface area contributed by atoms with Gasteiger partial charge in [-0.3, -0.25) is 9.21 Å². The fourth-order valence-corrected chi connectivity index (χ4v) is 4.94. The molecule has 1 atom stereocenters. The van der Waals surface area contributed by atoms with Crippen molar-refractivity contribution >= 4 is 11.9 Å². The highest BCUT2D eigenvalue weighted by atomic mass is 32.2. The van der Waals surface area contributed by atoms with E-state index in [0.29, 0.717) is 0 Å². The first-order valence-electron chi connectivity index (χ1n) is 8.18. The molecular weight excluding hydrogens is 252 g/mol. The lowest BCUT2D eigenvalue weighted by Crippen LogP contribution is -2.41. The highest BCUT2D eigenvalue weighted by molar-refractivity contribution is 7.96.